The molecule has 0 radical (unpaired) electrons. The van der Waals surface area contributed by atoms with Gasteiger partial charge < -0.3 is 25.7 Å². The van der Waals surface area contributed by atoms with E-state index in [2.05, 4.69) is 20.9 Å². The maximum Gasteiger partial charge on any atom is 0.268 e. The number of carbonyl (C=O) groups excluding carboxylic acids is 4. The lowest BCUT2D eigenvalue weighted by Crippen LogP contribution is -2.53. The zero-order valence-electron chi connectivity index (χ0n) is 20.9. The second-order valence-electron chi connectivity index (χ2n) is 10.2. The molecule has 0 bridgehead atoms. The molecule has 4 N–H and O–H groups in total. The number of hydrogen-bond acceptors (Lipinski definition) is 5. The van der Waals surface area contributed by atoms with E-state index >= 15 is 0 Å². The summed E-state index contributed by atoms with van der Waals surface area (Å²) in [6.07, 6.45) is 1.17. The molecule has 1 fully saturated rings. The van der Waals surface area contributed by atoms with E-state index in [-0.39, 0.29) is 36.1 Å². The van der Waals surface area contributed by atoms with Gasteiger partial charge in [-0.25, -0.2) is 0 Å². The van der Waals surface area contributed by atoms with E-state index in [1.54, 1.807) is 13.0 Å². The van der Waals surface area contributed by atoms with E-state index in [1.165, 1.54) is 0 Å². The molecule has 35 heavy (non-hydrogen) atoms. The van der Waals surface area contributed by atoms with Crippen molar-refractivity contribution in [1.29, 1.82) is 0 Å². The summed E-state index contributed by atoms with van der Waals surface area (Å²) in [7, 11) is 0. The lowest BCUT2D eigenvalue weighted by atomic mass is 9.87. The van der Waals surface area contributed by atoms with Crippen LogP contribution in [0.25, 0.3) is 10.9 Å². The first-order valence-electron chi connectivity index (χ1n) is 12.1. The molecule has 1 aromatic heterocycles. The predicted octanol–water partition coefficient (Wildman–Crippen LogP) is 2.32. The topological polar surface area (TPSA) is 129 Å². The molecule has 3 rings (SSSR count). The third-order valence-corrected chi connectivity index (χ3v) is 6.05. The summed E-state index contributed by atoms with van der Waals surface area (Å²) in [5.74, 6) is -1.63. The quantitative estimate of drug-likeness (QED) is 0.389. The number of benzene rings is 1. The molecule has 0 aliphatic carbocycles. The van der Waals surface area contributed by atoms with Crippen LogP contribution in [0.5, 0.6) is 0 Å². The van der Waals surface area contributed by atoms with Crippen molar-refractivity contribution in [3.05, 3.63) is 36.0 Å². The van der Waals surface area contributed by atoms with Crippen molar-refractivity contribution in [2.24, 2.45) is 11.3 Å². The first-order valence-corrected chi connectivity index (χ1v) is 12.1. The SMILES string of the molecule is CCOCC(=O)C(CC1CCNC1=O)NC(=O)C(CC(C)(C)C)NC(=O)c1cc2ccccc2[nH]1. The summed E-state index contributed by atoms with van der Waals surface area (Å²) in [5, 5.41) is 9.30. The van der Waals surface area contributed by atoms with Crippen LogP contribution in [0.15, 0.2) is 30.3 Å². The number of amides is 3. The molecular weight excluding hydrogens is 448 g/mol. The Balaban J connectivity index is 1.76. The molecule has 1 aliphatic rings. The Hall–Kier alpha value is -3.20. The average Bonchev–Trinajstić information content (AvgIpc) is 3.41. The Labute approximate surface area is 205 Å². The fraction of sp³-hybridized carbons (Fsp3) is 0.538. The van der Waals surface area contributed by atoms with Crippen LogP contribution < -0.4 is 16.0 Å². The highest BCUT2D eigenvalue weighted by Crippen LogP contribution is 2.23. The van der Waals surface area contributed by atoms with Gasteiger partial charge in [-0.2, -0.15) is 0 Å². The molecule has 2 aromatic rings. The Morgan fingerprint density at radius 3 is 2.51 bits per heavy atom. The van der Waals surface area contributed by atoms with E-state index in [9.17, 15) is 19.2 Å². The van der Waals surface area contributed by atoms with E-state index in [1.807, 2.05) is 45.0 Å². The van der Waals surface area contributed by atoms with Gasteiger partial charge in [0.15, 0.2) is 5.78 Å². The number of nitrogens with one attached hydrogen (secondary N) is 4. The predicted molar refractivity (Wildman–Crippen MR) is 133 cm³/mol. The normalized spacial score (nSPS) is 17.6. The number of ketones is 1. The second kappa shape index (κ2) is 11.5. The lowest BCUT2D eigenvalue weighted by Gasteiger charge is -2.28. The summed E-state index contributed by atoms with van der Waals surface area (Å²) >= 11 is 0. The van der Waals surface area contributed by atoms with Crippen molar-refractivity contribution in [1.82, 2.24) is 20.9 Å². The van der Waals surface area contributed by atoms with Crippen molar-refractivity contribution >= 4 is 34.4 Å². The Morgan fingerprint density at radius 2 is 1.89 bits per heavy atom. The number of rotatable bonds is 11. The molecule has 3 amide bonds. The lowest BCUT2D eigenvalue weighted by molar-refractivity contribution is -0.132. The van der Waals surface area contributed by atoms with Gasteiger partial charge >= 0.3 is 0 Å². The number of Topliss-reactive ketones (excluding diaryl/α,β-unsaturated/α-hetero) is 1. The number of H-pyrrole nitrogens is 1. The van der Waals surface area contributed by atoms with Crippen molar-refractivity contribution in [3.63, 3.8) is 0 Å². The van der Waals surface area contributed by atoms with Crippen LogP contribution in [-0.2, 0) is 19.1 Å². The zero-order valence-corrected chi connectivity index (χ0v) is 20.9. The van der Waals surface area contributed by atoms with Gasteiger partial charge in [0.2, 0.25) is 11.8 Å². The number of fused-ring (bicyclic) bond motifs is 1. The van der Waals surface area contributed by atoms with Crippen molar-refractivity contribution in [3.8, 4) is 0 Å². The molecule has 1 aliphatic heterocycles. The minimum Gasteiger partial charge on any atom is -0.374 e. The molecule has 3 atom stereocenters. The highest BCUT2D eigenvalue weighted by molar-refractivity contribution is 6.01. The standard InChI is InChI=1S/C26H36N4O5/c1-5-35-15-22(31)19(13-17-10-11-27-23(17)32)29-25(34)21(14-26(2,3)4)30-24(33)20-12-16-8-6-7-9-18(16)28-20/h6-9,12,17,19,21,28H,5,10-11,13-15H2,1-4H3,(H,27,32)(H,29,34)(H,30,33). The summed E-state index contributed by atoms with van der Waals surface area (Å²) in [6, 6.07) is 7.53. The van der Waals surface area contributed by atoms with E-state index in [0.29, 0.717) is 31.7 Å². The Kier molecular flexibility index (Phi) is 8.67. The van der Waals surface area contributed by atoms with Crippen molar-refractivity contribution in [2.45, 2.75) is 59.0 Å². The molecule has 3 unspecified atom stereocenters. The fourth-order valence-corrected chi connectivity index (χ4v) is 4.25. The van der Waals surface area contributed by atoms with Crippen LogP contribution in [0, 0.1) is 11.3 Å². The van der Waals surface area contributed by atoms with Crippen LogP contribution in [0.2, 0.25) is 0 Å². The van der Waals surface area contributed by atoms with Crippen molar-refractivity contribution < 1.29 is 23.9 Å². The van der Waals surface area contributed by atoms with E-state index in [4.69, 9.17) is 4.74 Å². The van der Waals surface area contributed by atoms with Crippen LogP contribution >= 0.6 is 0 Å². The summed E-state index contributed by atoms with van der Waals surface area (Å²) < 4.78 is 5.27. The third kappa shape index (κ3) is 7.39. The van der Waals surface area contributed by atoms with Gasteiger partial charge in [0, 0.05) is 30.0 Å². The molecule has 1 saturated heterocycles. The molecule has 0 saturated carbocycles. The smallest absolute Gasteiger partial charge is 0.268 e. The monoisotopic (exact) mass is 484 g/mol. The number of carbonyl (C=O) groups is 4. The second-order valence-corrected chi connectivity index (χ2v) is 10.2. The maximum atomic E-state index is 13.4. The maximum absolute atomic E-state index is 13.4. The molecule has 9 nitrogen and oxygen atoms in total. The van der Waals surface area contributed by atoms with Crippen molar-refractivity contribution in [2.75, 3.05) is 19.8 Å². The molecule has 2 heterocycles. The molecule has 0 spiro atoms. The zero-order chi connectivity index (χ0) is 25.6. The van der Waals surface area contributed by atoms with Gasteiger partial charge in [0.05, 0.1) is 6.04 Å². The van der Waals surface area contributed by atoms with Gasteiger partial charge in [0.25, 0.3) is 5.91 Å². The van der Waals surface area contributed by atoms with Gasteiger partial charge in [-0.15, -0.1) is 0 Å². The molecule has 1 aromatic carbocycles. The van der Waals surface area contributed by atoms with Crippen LogP contribution in [0.1, 0.15) is 57.4 Å². The fourth-order valence-electron chi connectivity index (χ4n) is 4.25. The Morgan fingerprint density at radius 1 is 1.14 bits per heavy atom. The minimum atomic E-state index is -0.879. The van der Waals surface area contributed by atoms with Gasteiger partial charge in [-0.05, 0) is 43.7 Å². The number of aromatic nitrogens is 1. The van der Waals surface area contributed by atoms with E-state index in [0.717, 1.165) is 10.9 Å². The largest absolute Gasteiger partial charge is 0.374 e. The van der Waals surface area contributed by atoms with E-state index < -0.39 is 23.9 Å². The van der Waals surface area contributed by atoms with Gasteiger partial charge in [-0.3, -0.25) is 19.2 Å². The minimum absolute atomic E-state index is 0.119. The number of ether oxygens (including phenoxy) is 1. The summed E-state index contributed by atoms with van der Waals surface area (Å²) in [5.41, 5.74) is 0.904. The molecule has 190 valence electrons. The number of para-hydroxylation sites is 1. The number of aromatic amines is 1. The van der Waals surface area contributed by atoms with Gasteiger partial charge in [0.1, 0.15) is 18.3 Å². The highest BCUT2D eigenvalue weighted by atomic mass is 16.5. The van der Waals surface area contributed by atoms with Crippen LogP contribution in [0.3, 0.4) is 0 Å². The molecule has 9 heteroatoms. The van der Waals surface area contributed by atoms with Gasteiger partial charge in [-0.1, -0.05) is 39.0 Å². The molecular formula is C26H36N4O5. The Bertz CT molecular complexity index is 1040. The van der Waals surface area contributed by atoms with Crippen LogP contribution in [-0.4, -0.2) is 60.3 Å². The first-order chi connectivity index (χ1) is 16.6. The highest BCUT2D eigenvalue weighted by Gasteiger charge is 2.34. The summed E-state index contributed by atoms with van der Waals surface area (Å²) in [4.78, 5) is 54.4. The third-order valence-electron chi connectivity index (χ3n) is 6.05. The number of hydrogen-bond donors (Lipinski definition) is 4. The van der Waals surface area contributed by atoms with Crippen LogP contribution in [0.4, 0.5) is 0 Å². The average molecular weight is 485 g/mol. The summed E-state index contributed by atoms with van der Waals surface area (Å²) in [6.45, 7) is 8.47. The first kappa shape index (κ1) is 26.4.